The van der Waals surface area contributed by atoms with E-state index >= 15 is 0 Å². The number of carbonyl (C=O) groups excluding carboxylic acids is 3. The van der Waals surface area contributed by atoms with Gasteiger partial charge in [0.25, 0.3) is 5.91 Å². The Kier molecular flexibility index (Phi) is 9.97. The van der Waals surface area contributed by atoms with Gasteiger partial charge in [0.1, 0.15) is 10.8 Å². The molecule has 0 aliphatic carbocycles. The van der Waals surface area contributed by atoms with Crippen molar-refractivity contribution >= 4 is 63.0 Å². The van der Waals surface area contributed by atoms with Crippen LogP contribution in [0.1, 0.15) is 56.5 Å². The van der Waals surface area contributed by atoms with Crippen LogP contribution in [0.25, 0.3) is 0 Å². The Morgan fingerprint density at radius 1 is 1.00 bits per heavy atom. The van der Waals surface area contributed by atoms with Gasteiger partial charge in [-0.05, 0) is 69.5 Å². The first kappa shape index (κ1) is 28.5. The Balaban J connectivity index is 1.70. The van der Waals surface area contributed by atoms with Gasteiger partial charge in [-0.15, -0.1) is 11.3 Å². The van der Waals surface area contributed by atoms with Gasteiger partial charge in [-0.25, -0.2) is 4.79 Å². The molecule has 2 N–H and O–H groups in total. The van der Waals surface area contributed by atoms with Gasteiger partial charge in [0, 0.05) is 17.1 Å². The zero-order valence-electron chi connectivity index (χ0n) is 21.0. The summed E-state index contributed by atoms with van der Waals surface area (Å²) >= 11 is 13.0. The lowest BCUT2D eigenvalue weighted by molar-refractivity contribution is -0.116. The number of anilines is 2. The maximum atomic E-state index is 13.1. The molecule has 37 heavy (non-hydrogen) atoms. The van der Waals surface area contributed by atoms with Crippen molar-refractivity contribution in [2.24, 2.45) is 0 Å². The number of carbonyl (C=O) groups is 3. The van der Waals surface area contributed by atoms with Crippen LogP contribution in [0.3, 0.4) is 0 Å². The molecule has 0 spiro atoms. The first-order valence-electron chi connectivity index (χ1n) is 11.7. The van der Waals surface area contributed by atoms with Crippen LogP contribution >= 0.6 is 34.5 Å². The van der Waals surface area contributed by atoms with Crippen molar-refractivity contribution < 1.29 is 23.9 Å². The number of hydrogen-bond donors (Lipinski definition) is 2. The van der Waals surface area contributed by atoms with Crippen LogP contribution in [-0.2, 0) is 9.53 Å². The maximum absolute atomic E-state index is 13.1. The van der Waals surface area contributed by atoms with Gasteiger partial charge in [-0.3, -0.25) is 9.59 Å². The fourth-order valence-corrected chi connectivity index (χ4v) is 5.17. The molecule has 196 valence electrons. The van der Waals surface area contributed by atoms with Crippen molar-refractivity contribution in [2.45, 2.75) is 40.5 Å². The number of esters is 1. The molecule has 0 aliphatic rings. The molecular weight excluding hydrogens is 535 g/mol. The molecule has 0 saturated carbocycles. The second kappa shape index (κ2) is 12.9. The van der Waals surface area contributed by atoms with Gasteiger partial charge in [0.05, 0.1) is 28.7 Å². The van der Waals surface area contributed by atoms with Gasteiger partial charge in [0.15, 0.2) is 0 Å². The largest absolute Gasteiger partial charge is 0.492 e. The molecule has 1 heterocycles. The molecule has 0 atom stereocenters. The SMILES string of the molecule is CCOC(=O)c1c(NC(=O)CCCOc2ccc(Cl)cc2Cl)sc(C(=O)Nc2ccc(C)cc2C)c1C. The summed E-state index contributed by atoms with van der Waals surface area (Å²) in [6, 6.07) is 10.6. The van der Waals surface area contributed by atoms with Crippen molar-refractivity contribution in [3.05, 3.63) is 73.6 Å². The fraction of sp³-hybridized carbons (Fsp3) is 0.296. The van der Waals surface area contributed by atoms with E-state index < -0.39 is 5.97 Å². The highest BCUT2D eigenvalue weighted by Crippen LogP contribution is 2.35. The predicted octanol–water partition coefficient (Wildman–Crippen LogP) is 7.21. The van der Waals surface area contributed by atoms with Crippen LogP contribution < -0.4 is 15.4 Å². The van der Waals surface area contributed by atoms with Gasteiger partial charge in [0.2, 0.25) is 5.91 Å². The van der Waals surface area contributed by atoms with Crippen LogP contribution in [0.2, 0.25) is 10.0 Å². The number of ether oxygens (including phenoxy) is 2. The Labute approximate surface area is 230 Å². The third kappa shape index (κ3) is 7.47. The van der Waals surface area contributed by atoms with Crippen LogP contribution in [0.15, 0.2) is 36.4 Å². The second-order valence-electron chi connectivity index (χ2n) is 8.33. The van der Waals surface area contributed by atoms with Crippen LogP contribution in [-0.4, -0.2) is 31.0 Å². The molecule has 0 bridgehead atoms. The highest BCUT2D eigenvalue weighted by molar-refractivity contribution is 7.19. The zero-order chi connectivity index (χ0) is 27.1. The first-order valence-corrected chi connectivity index (χ1v) is 13.2. The summed E-state index contributed by atoms with van der Waals surface area (Å²) in [5, 5.41) is 6.82. The van der Waals surface area contributed by atoms with E-state index in [2.05, 4.69) is 10.6 Å². The highest BCUT2D eigenvalue weighted by atomic mass is 35.5. The van der Waals surface area contributed by atoms with Gasteiger partial charge < -0.3 is 20.1 Å². The number of benzene rings is 2. The molecule has 3 rings (SSSR count). The second-order valence-corrected chi connectivity index (χ2v) is 10.2. The van der Waals surface area contributed by atoms with E-state index in [1.807, 2.05) is 32.0 Å². The normalized spacial score (nSPS) is 10.6. The Hall–Kier alpha value is -3.07. The summed E-state index contributed by atoms with van der Waals surface area (Å²) < 4.78 is 10.8. The monoisotopic (exact) mass is 562 g/mol. The third-order valence-corrected chi connectivity index (χ3v) is 7.15. The van der Waals surface area contributed by atoms with E-state index in [0.717, 1.165) is 22.5 Å². The number of amides is 2. The van der Waals surface area contributed by atoms with Crippen LogP contribution in [0.4, 0.5) is 10.7 Å². The molecule has 0 fully saturated rings. The minimum absolute atomic E-state index is 0.133. The van der Waals surface area contributed by atoms with Crippen molar-refractivity contribution in [2.75, 3.05) is 23.8 Å². The minimum Gasteiger partial charge on any atom is -0.492 e. The molecule has 0 aliphatic heterocycles. The first-order chi connectivity index (χ1) is 17.6. The molecular formula is C27H28Cl2N2O5S. The molecule has 2 aromatic carbocycles. The average Bonchev–Trinajstić information content (AvgIpc) is 3.15. The topological polar surface area (TPSA) is 93.7 Å². The Morgan fingerprint density at radius 2 is 1.76 bits per heavy atom. The number of aryl methyl sites for hydroxylation is 2. The summed E-state index contributed by atoms with van der Waals surface area (Å²) in [5.41, 5.74) is 3.30. The summed E-state index contributed by atoms with van der Waals surface area (Å²) in [6.45, 7) is 7.66. The summed E-state index contributed by atoms with van der Waals surface area (Å²) in [7, 11) is 0. The molecule has 0 unspecified atom stereocenters. The number of rotatable bonds is 10. The third-order valence-electron chi connectivity index (χ3n) is 5.42. The van der Waals surface area contributed by atoms with E-state index in [0.29, 0.717) is 38.3 Å². The molecule has 10 heteroatoms. The van der Waals surface area contributed by atoms with E-state index in [1.54, 1.807) is 32.0 Å². The molecule has 1 aromatic heterocycles. The smallest absolute Gasteiger partial charge is 0.341 e. The average molecular weight is 564 g/mol. The number of nitrogens with one attached hydrogen (secondary N) is 2. The van der Waals surface area contributed by atoms with Gasteiger partial charge in [-0.2, -0.15) is 0 Å². The van der Waals surface area contributed by atoms with E-state index in [-0.39, 0.29) is 42.0 Å². The number of thiophene rings is 1. The fourth-order valence-electron chi connectivity index (χ4n) is 3.60. The van der Waals surface area contributed by atoms with E-state index in [9.17, 15) is 14.4 Å². The Morgan fingerprint density at radius 3 is 2.43 bits per heavy atom. The summed E-state index contributed by atoms with van der Waals surface area (Å²) in [4.78, 5) is 38.8. The van der Waals surface area contributed by atoms with E-state index in [1.165, 1.54) is 0 Å². The minimum atomic E-state index is -0.599. The number of hydrogen-bond acceptors (Lipinski definition) is 6. The lowest BCUT2D eigenvalue weighted by atomic mass is 10.1. The van der Waals surface area contributed by atoms with Crippen LogP contribution in [0, 0.1) is 20.8 Å². The molecule has 3 aromatic rings. The molecule has 7 nitrogen and oxygen atoms in total. The van der Waals surface area contributed by atoms with Crippen molar-refractivity contribution in [3.63, 3.8) is 0 Å². The quantitative estimate of drug-likeness (QED) is 0.201. The van der Waals surface area contributed by atoms with Gasteiger partial charge in [-0.1, -0.05) is 40.9 Å². The Bertz CT molecular complexity index is 1320. The molecule has 0 saturated heterocycles. The number of halogens is 2. The zero-order valence-corrected chi connectivity index (χ0v) is 23.3. The lowest BCUT2D eigenvalue weighted by Gasteiger charge is -2.09. The van der Waals surface area contributed by atoms with Crippen molar-refractivity contribution in [3.8, 4) is 5.75 Å². The maximum Gasteiger partial charge on any atom is 0.341 e. The predicted molar refractivity (Wildman–Crippen MR) is 149 cm³/mol. The summed E-state index contributed by atoms with van der Waals surface area (Å²) in [5.74, 6) is -0.810. The van der Waals surface area contributed by atoms with Gasteiger partial charge >= 0.3 is 5.97 Å². The molecule has 2 amide bonds. The van der Waals surface area contributed by atoms with Crippen LogP contribution in [0.5, 0.6) is 5.75 Å². The highest BCUT2D eigenvalue weighted by Gasteiger charge is 2.27. The lowest BCUT2D eigenvalue weighted by Crippen LogP contribution is -2.15. The standard InChI is InChI=1S/C27H28Cl2N2O5S/c1-5-35-27(34)23-17(4)24(25(33)30-20-10-8-15(2)13-16(20)3)37-26(23)31-22(32)7-6-12-36-21-11-9-18(28)14-19(21)29/h8-11,13-14H,5-7,12H2,1-4H3,(H,30,33)(H,31,32). The molecule has 0 radical (unpaired) electrons. The van der Waals surface area contributed by atoms with Crippen molar-refractivity contribution in [1.29, 1.82) is 0 Å². The van der Waals surface area contributed by atoms with E-state index in [4.69, 9.17) is 32.7 Å². The summed E-state index contributed by atoms with van der Waals surface area (Å²) in [6.07, 6.45) is 0.540. The van der Waals surface area contributed by atoms with Crippen molar-refractivity contribution in [1.82, 2.24) is 0 Å².